The maximum Gasteiger partial charge on any atom is 0.263 e. The van der Waals surface area contributed by atoms with Crippen molar-refractivity contribution in [3.8, 4) is 0 Å². The molecule has 3 fully saturated rings. The fourth-order valence-electron chi connectivity index (χ4n) is 4.66. The number of hydrogen-bond donors (Lipinski definition) is 1. The van der Waals surface area contributed by atoms with Crippen molar-refractivity contribution in [2.75, 3.05) is 31.6 Å². The first-order chi connectivity index (χ1) is 14.3. The molecule has 30 heavy (non-hydrogen) atoms. The fraction of sp³-hybridized carbons (Fsp3) is 0.545. The van der Waals surface area contributed by atoms with Gasteiger partial charge in [0.15, 0.2) is 0 Å². The van der Waals surface area contributed by atoms with Gasteiger partial charge < -0.3 is 10.1 Å². The van der Waals surface area contributed by atoms with Gasteiger partial charge in [0.2, 0.25) is 5.91 Å². The third kappa shape index (κ3) is 3.47. The summed E-state index contributed by atoms with van der Waals surface area (Å²) in [6.45, 7) is 5.09. The minimum absolute atomic E-state index is 0.287. The zero-order chi connectivity index (χ0) is 21.0. The lowest BCUT2D eigenvalue weighted by Crippen LogP contribution is -2.51. The summed E-state index contributed by atoms with van der Waals surface area (Å²) in [6.07, 6.45) is 3.68. The van der Waals surface area contributed by atoms with Crippen LogP contribution in [0.1, 0.15) is 31.2 Å². The number of pyridine rings is 1. The van der Waals surface area contributed by atoms with E-state index in [2.05, 4.69) is 21.3 Å². The van der Waals surface area contributed by atoms with Crippen molar-refractivity contribution in [3.05, 3.63) is 35.0 Å². The van der Waals surface area contributed by atoms with Crippen molar-refractivity contribution in [1.29, 1.82) is 0 Å². The van der Waals surface area contributed by atoms with Crippen molar-refractivity contribution in [2.24, 2.45) is 11.8 Å². The molecule has 8 heteroatoms. The van der Waals surface area contributed by atoms with Gasteiger partial charge in [-0.25, -0.2) is 13.8 Å². The molecule has 0 radical (unpaired) electrons. The first-order valence-electron chi connectivity index (χ1n) is 10.4. The molecular weight excluding hydrogens is 412 g/mol. The second-order valence-corrected chi connectivity index (χ2v) is 9.13. The molecule has 1 amide bonds. The van der Waals surface area contributed by atoms with Crippen LogP contribution in [0.5, 0.6) is 0 Å². The summed E-state index contributed by atoms with van der Waals surface area (Å²) in [5, 5.41) is 5.02. The Kier molecular flexibility index (Phi) is 4.95. The van der Waals surface area contributed by atoms with Crippen LogP contribution in [0.4, 0.5) is 14.6 Å². The van der Waals surface area contributed by atoms with E-state index in [4.69, 9.17) is 16.3 Å². The van der Waals surface area contributed by atoms with Crippen molar-refractivity contribution >= 4 is 34.1 Å². The normalized spacial score (nSPS) is 27.1. The average molecular weight is 436 g/mol. The second kappa shape index (κ2) is 7.39. The number of nitrogens with one attached hydrogen (secondary N) is 1. The lowest BCUT2D eigenvalue weighted by Gasteiger charge is -2.41. The maximum absolute atomic E-state index is 13.5. The summed E-state index contributed by atoms with van der Waals surface area (Å²) >= 11 is 6.58. The molecule has 2 aliphatic heterocycles. The first kappa shape index (κ1) is 20.1. The van der Waals surface area contributed by atoms with Crippen LogP contribution in [-0.2, 0) is 9.53 Å². The number of aromatic nitrogens is 1. The number of piperidine rings is 1. The van der Waals surface area contributed by atoms with E-state index in [0.717, 1.165) is 60.5 Å². The monoisotopic (exact) mass is 435 g/mol. The van der Waals surface area contributed by atoms with E-state index in [-0.39, 0.29) is 5.82 Å². The Hall–Kier alpha value is -1.83. The predicted octanol–water partition coefficient (Wildman–Crippen LogP) is 4.31. The molecule has 1 N–H and O–H groups in total. The van der Waals surface area contributed by atoms with Gasteiger partial charge in [-0.15, -0.1) is 0 Å². The minimum atomic E-state index is -2.93. The molecule has 2 aromatic rings. The van der Waals surface area contributed by atoms with Crippen molar-refractivity contribution in [1.82, 2.24) is 9.88 Å². The first-order valence-corrected chi connectivity index (χ1v) is 10.8. The highest BCUT2D eigenvalue weighted by Gasteiger charge is 2.69. The average Bonchev–Trinajstić information content (AvgIpc) is 3.18. The molecule has 3 heterocycles. The van der Waals surface area contributed by atoms with Gasteiger partial charge in [-0.2, -0.15) is 0 Å². The van der Waals surface area contributed by atoms with E-state index >= 15 is 0 Å². The molecular formula is C22H24ClF2N3O2. The van der Waals surface area contributed by atoms with Gasteiger partial charge in [0.25, 0.3) is 5.92 Å². The standard InChI is InChI=1S/C22H24ClF2N3O2/c1-12-20(22(12,24)25)21(29)27-19-8-14-6-17(18(23)7-15(14)9-26-19)13-2-4-28(5-3-13)16-10-30-11-16/h6-9,12-13,16,20H,2-5,10-11H2,1H3,(H,26,27,29). The van der Waals surface area contributed by atoms with E-state index in [1.54, 1.807) is 12.3 Å². The van der Waals surface area contributed by atoms with E-state index in [0.29, 0.717) is 12.0 Å². The van der Waals surface area contributed by atoms with Crippen LogP contribution in [-0.4, -0.2) is 54.1 Å². The van der Waals surface area contributed by atoms with Gasteiger partial charge in [-0.3, -0.25) is 9.69 Å². The van der Waals surface area contributed by atoms with Crippen LogP contribution in [0, 0.1) is 11.8 Å². The summed E-state index contributed by atoms with van der Waals surface area (Å²) in [4.78, 5) is 18.8. The number of ether oxygens (including phenoxy) is 1. The number of carbonyl (C=O) groups excluding carboxylic acids is 1. The summed E-state index contributed by atoms with van der Waals surface area (Å²) < 4.78 is 32.3. The molecule has 1 aromatic heterocycles. The Bertz CT molecular complexity index is 990. The van der Waals surface area contributed by atoms with Crippen LogP contribution < -0.4 is 5.32 Å². The molecule has 2 atom stereocenters. The highest BCUT2D eigenvalue weighted by Crippen LogP contribution is 2.55. The minimum Gasteiger partial charge on any atom is -0.378 e. The van der Waals surface area contributed by atoms with Crippen molar-refractivity contribution in [3.63, 3.8) is 0 Å². The lowest BCUT2D eigenvalue weighted by molar-refractivity contribution is -0.119. The number of benzene rings is 1. The Balaban J connectivity index is 1.33. The van der Waals surface area contributed by atoms with Gasteiger partial charge in [-0.05, 0) is 61.0 Å². The summed E-state index contributed by atoms with van der Waals surface area (Å²) in [6, 6.07) is 6.24. The summed E-state index contributed by atoms with van der Waals surface area (Å²) in [5.41, 5.74) is 1.10. The summed E-state index contributed by atoms with van der Waals surface area (Å²) in [7, 11) is 0. The van der Waals surface area contributed by atoms with Crippen LogP contribution in [0.15, 0.2) is 24.4 Å². The number of likely N-dealkylation sites (tertiary alicyclic amines) is 1. The topological polar surface area (TPSA) is 54.5 Å². The maximum atomic E-state index is 13.5. The number of fused-ring (bicyclic) bond motifs is 1. The number of halogens is 3. The highest BCUT2D eigenvalue weighted by molar-refractivity contribution is 6.32. The lowest BCUT2D eigenvalue weighted by atomic mass is 9.87. The van der Waals surface area contributed by atoms with Crippen LogP contribution in [0.2, 0.25) is 5.02 Å². The Labute approximate surface area is 178 Å². The van der Waals surface area contributed by atoms with Gasteiger partial charge in [0.05, 0.1) is 19.3 Å². The second-order valence-electron chi connectivity index (χ2n) is 8.72. The Morgan fingerprint density at radius 2 is 1.93 bits per heavy atom. The molecule has 2 unspecified atom stereocenters. The van der Waals surface area contributed by atoms with E-state index in [9.17, 15) is 13.6 Å². The van der Waals surface area contributed by atoms with Gasteiger partial charge in [-0.1, -0.05) is 18.5 Å². The highest BCUT2D eigenvalue weighted by atomic mass is 35.5. The summed E-state index contributed by atoms with van der Waals surface area (Å²) in [5.74, 6) is -5.15. The number of alkyl halides is 2. The quantitative estimate of drug-likeness (QED) is 0.777. The molecule has 3 aliphatic rings. The predicted molar refractivity (Wildman–Crippen MR) is 111 cm³/mol. The van der Waals surface area contributed by atoms with Crippen LogP contribution >= 0.6 is 11.6 Å². The number of amides is 1. The molecule has 0 spiro atoms. The third-order valence-corrected chi connectivity index (χ3v) is 7.22. The van der Waals surface area contributed by atoms with Crippen molar-refractivity contribution < 1.29 is 18.3 Å². The van der Waals surface area contributed by atoms with E-state index in [1.165, 1.54) is 6.92 Å². The van der Waals surface area contributed by atoms with Gasteiger partial charge >= 0.3 is 0 Å². The SMILES string of the molecule is CC1C(C(=O)Nc2cc3cc(C4CCN(C5COC5)CC4)c(Cl)cc3cn2)C1(F)F. The smallest absolute Gasteiger partial charge is 0.263 e. The number of hydrogen-bond acceptors (Lipinski definition) is 4. The molecule has 5 rings (SSSR count). The number of rotatable bonds is 4. The van der Waals surface area contributed by atoms with Gasteiger partial charge in [0, 0.05) is 22.5 Å². The number of anilines is 1. The third-order valence-electron chi connectivity index (χ3n) is 6.89. The molecule has 1 aliphatic carbocycles. The van der Waals surface area contributed by atoms with Gasteiger partial charge in [0.1, 0.15) is 11.7 Å². The van der Waals surface area contributed by atoms with Crippen LogP contribution in [0.25, 0.3) is 10.8 Å². The number of carbonyl (C=O) groups is 1. The van der Waals surface area contributed by atoms with E-state index in [1.807, 2.05) is 6.07 Å². The zero-order valence-electron chi connectivity index (χ0n) is 16.7. The molecule has 160 valence electrons. The molecule has 5 nitrogen and oxygen atoms in total. The van der Waals surface area contributed by atoms with E-state index < -0.39 is 23.7 Å². The number of nitrogens with zero attached hydrogens (tertiary/aromatic N) is 2. The molecule has 2 saturated heterocycles. The molecule has 1 aromatic carbocycles. The molecule has 1 saturated carbocycles. The fourth-order valence-corrected chi connectivity index (χ4v) is 4.99. The van der Waals surface area contributed by atoms with Crippen molar-refractivity contribution in [2.45, 2.75) is 37.6 Å². The molecule has 0 bridgehead atoms. The van der Waals surface area contributed by atoms with Crippen LogP contribution in [0.3, 0.4) is 0 Å². The Morgan fingerprint density at radius 1 is 1.23 bits per heavy atom. The zero-order valence-corrected chi connectivity index (χ0v) is 17.5. The largest absolute Gasteiger partial charge is 0.378 e. The Morgan fingerprint density at radius 3 is 2.53 bits per heavy atom.